The minimum atomic E-state index is -3.80. The molecule has 3 aromatic rings. The molecule has 9 nitrogen and oxygen atoms in total. The Bertz CT molecular complexity index is 1430. The van der Waals surface area contributed by atoms with E-state index in [1.165, 1.54) is 31.3 Å². The van der Waals surface area contributed by atoms with Crippen LogP contribution in [0.4, 0.5) is 10.2 Å². The molecule has 0 spiro atoms. The van der Waals surface area contributed by atoms with Crippen molar-refractivity contribution in [3.05, 3.63) is 47.3 Å². The minimum Gasteiger partial charge on any atom is -0.437 e. The molecule has 0 aliphatic carbocycles. The number of carbonyl (C=O) groups is 1. The third-order valence-electron chi connectivity index (χ3n) is 5.19. The highest BCUT2D eigenvalue weighted by Gasteiger charge is 2.27. The van der Waals surface area contributed by atoms with Gasteiger partial charge < -0.3 is 9.73 Å². The van der Waals surface area contributed by atoms with Crippen LogP contribution < -0.4 is 9.62 Å². The molecular weight excluding hydrogens is 485 g/mol. The van der Waals surface area contributed by atoms with Crippen molar-refractivity contribution < 1.29 is 30.4 Å². The van der Waals surface area contributed by atoms with Crippen molar-refractivity contribution in [1.82, 2.24) is 10.3 Å². The topological polar surface area (TPSA) is 127 Å². The van der Waals surface area contributed by atoms with Gasteiger partial charge in [-0.05, 0) is 48.7 Å². The lowest BCUT2D eigenvalue weighted by molar-refractivity contribution is 0.0964. The molecule has 184 valence electrons. The Labute approximate surface area is 197 Å². The smallest absolute Gasteiger partial charge is 0.255 e. The van der Waals surface area contributed by atoms with Crippen LogP contribution in [0.15, 0.2) is 34.7 Å². The molecular formula is C22H26FN3O6S2. The normalized spacial score (nSPS) is 12.1. The van der Waals surface area contributed by atoms with Gasteiger partial charge in [0.1, 0.15) is 27.2 Å². The molecule has 0 aliphatic heterocycles. The lowest BCUT2D eigenvalue weighted by Crippen LogP contribution is -2.33. The van der Waals surface area contributed by atoms with Gasteiger partial charge in [0.2, 0.25) is 15.7 Å². The van der Waals surface area contributed by atoms with E-state index in [1.807, 2.05) is 6.92 Å². The Morgan fingerprint density at radius 3 is 2.32 bits per heavy atom. The summed E-state index contributed by atoms with van der Waals surface area (Å²) in [5, 5.41) is 2.94. The van der Waals surface area contributed by atoms with Gasteiger partial charge in [0, 0.05) is 25.4 Å². The van der Waals surface area contributed by atoms with Crippen molar-refractivity contribution in [2.45, 2.75) is 19.8 Å². The summed E-state index contributed by atoms with van der Waals surface area (Å²) in [6, 6.07) is 7.05. The number of sulfone groups is 1. The van der Waals surface area contributed by atoms with Gasteiger partial charge in [0.15, 0.2) is 0 Å². The quantitative estimate of drug-likeness (QED) is 0.468. The number of anilines is 1. The second-order valence-electron chi connectivity index (χ2n) is 7.89. The van der Waals surface area contributed by atoms with Crippen molar-refractivity contribution in [3.63, 3.8) is 0 Å². The van der Waals surface area contributed by atoms with Crippen molar-refractivity contribution in [1.29, 1.82) is 0 Å². The highest BCUT2D eigenvalue weighted by molar-refractivity contribution is 7.92. The van der Waals surface area contributed by atoms with Crippen LogP contribution in [0.1, 0.15) is 29.3 Å². The van der Waals surface area contributed by atoms with Crippen LogP contribution in [-0.4, -0.2) is 59.6 Å². The number of aryl methyl sites for hydroxylation is 1. The van der Waals surface area contributed by atoms with Crippen LogP contribution in [-0.2, 0) is 26.3 Å². The zero-order valence-corrected chi connectivity index (χ0v) is 20.9. The van der Waals surface area contributed by atoms with Gasteiger partial charge >= 0.3 is 0 Å². The second-order valence-corrected chi connectivity index (χ2v) is 12.1. The second kappa shape index (κ2) is 9.71. The van der Waals surface area contributed by atoms with E-state index in [9.17, 15) is 26.0 Å². The summed E-state index contributed by atoms with van der Waals surface area (Å²) in [5.41, 5.74) is 1.21. The largest absolute Gasteiger partial charge is 0.437 e. The fraction of sp³-hybridized carbons (Fsp3) is 0.364. The number of fused-ring (bicyclic) bond motifs is 1. The van der Waals surface area contributed by atoms with Gasteiger partial charge in [-0.15, -0.1) is 0 Å². The standard InChI is InChI=1S/C22H26FN3O6S2/c1-5-14-13-17-18(21(27)24-2)19(15-7-9-16(23)10-8-15)32-22(17)25-20(14)26(34(4,30)31)11-6-12-33(3,28)29/h7-10,13H,5-6,11-12H2,1-4H3,(H,24,27). The fourth-order valence-corrected chi connectivity index (χ4v) is 5.17. The predicted molar refractivity (Wildman–Crippen MR) is 129 cm³/mol. The van der Waals surface area contributed by atoms with E-state index in [4.69, 9.17) is 4.42 Å². The first-order valence-corrected chi connectivity index (χ1v) is 14.4. The number of nitrogens with one attached hydrogen (secondary N) is 1. The molecule has 1 amide bonds. The van der Waals surface area contributed by atoms with Crippen LogP contribution >= 0.6 is 0 Å². The van der Waals surface area contributed by atoms with Crippen LogP contribution in [0.3, 0.4) is 0 Å². The summed E-state index contributed by atoms with van der Waals surface area (Å²) < 4.78 is 68.6. The number of nitrogens with zero attached hydrogens (tertiary/aromatic N) is 2. The molecule has 3 rings (SSSR count). The average Bonchev–Trinajstić information content (AvgIpc) is 3.12. The van der Waals surface area contributed by atoms with Gasteiger partial charge in [0.25, 0.3) is 5.91 Å². The highest BCUT2D eigenvalue weighted by atomic mass is 32.2. The molecule has 0 unspecified atom stereocenters. The lowest BCUT2D eigenvalue weighted by atomic mass is 10.0. The monoisotopic (exact) mass is 511 g/mol. The van der Waals surface area contributed by atoms with Crippen molar-refractivity contribution in [2.75, 3.05) is 36.2 Å². The highest BCUT2D eigenvalue weighted by Crippen LogP contribution is 2.36. The summed E-state index contributed by atoms with van der Waals surface area (Å²) in [7, 11) is -5.62. The first-order valence-electron chi connectivity index (χ1n) is 10.5. The molecule has 1 N–H and O–H groups in total. The molecule has 1 aromatic carbocycles. The maximum absolute atomic E-state index is 13.4. The zero-order valence-electron chi connectivity index (χ0n) is 19.3. The Kier molecular flexibility index (Phi) is 7.32. The molecule has 12 heteroatoms. The molecule has 0 saturated heterocycles. The third-order valence-corrected chi connectivity index (χ3v) is 7.38. The third kappa shape index (κ3) is 5.55. The Morgan fingerprint density at radius 2 is 1.79 bits per heavy atom. The first-order chi connectivity index (χ1) is 15.9. The number of rotatable bonds is 9. The maximum atomic E-state index is 13.4. The summed E-state index contributed by atoms with van der Waals surface area (Å²) in [5.74, 6) is -0.799. The fourth-order valence-electron chi connectivity index (χ4n) is 3.59. The van der Waals surface area contributed by atoms with Crippen molar-refractivity contribution >= 4 is 42.7 Å². The Balaban J connectivity index is 2.22. The molecule has 2 heterocycles. The number of aromatic nitrogens is 1. The van der Waals surface area contributed by atoms with Crippen LogP contribution in [0.25, 0.3) is 22.4 Å². The van der Waals surface area contributed by atoms with E-state index in [-0.39, 0.29) is 41.6 Å². The van der Waals surface area contributed by atoms with E-state index < -0.39 is 31.6 Å². The number of benzene rings is 1. The van der Waals surface area contributed by atoms with E-state index in [2.05, 4.69) is 10.3 Å². The van der Waals surface area contributed by atoms with Gasteiger partial charge in [-0.1, -0.05) is 6.92 Å². The van der Waals surface area contributed by atoms with Gasteiger partial charge in [-0.3, -0.25) is 9.10 Å². The SMILES string of the molecule is CCc1cc2c(C(=O)NC)c(-c3ccc(F)cc3)oc2nc1N(CCCS(C)(=O)=O)S(C)(=O)=O. The number of halogens is 1. The maximum Gasteiger partial charge on any atom is 0.255 e. The summed E-state index contributed by atoms with van der Waals surface area (Å²) in [6.07, 6.45) is 2.57. The minimum absolute atomic E-state index is 0.0295. The Hall–Kier alpha value is -2.99. The molecule has 0 fully saturated rings. The van der Waals surface area contributed by atoms with Gasteiger partial charge in [-0.25, -0.2) is 21.2 Å². The molecule has 0 bridgehead atoms. The molecule has 0 aliphatic rings. The number of pyridine rings is 1. The summed E-state index contributed by atoms with van der Waals surface area (Å²) in [6.45, 7) is 1.72. The zero-order chi connectivity index (χ0) is 25.3. The first kappa shape index (κ1) is 25.6. The molecule has 0 saturated carbocycles. The Morgan fingerprint density at radius 1 is 1.15 bits per heavy atom. The number of sulfonamides is 1. The van der Waals surface area contributed by atoms with E-state index in [1.54, 1.807) is 6.07 Å². The van der Waals surface area contributed by atoms with Crippen LogP contribution in [0.5, 0.6) is 0 Å². The molecule has 0 radical (unpaired) electrons. The van der Waals surface area contributed by atoms with Gasteiger partial charge in [0.05, 0.1) is 23.0 Å². The van der Waals surface area contributed by atoms with Crippen molar-refractivity contribution in [3.8, 4) is 11.3 Å². The number of amides is 1. The van der Waals surface area contributed by atoms with E-state index in [0.717, 1.165) is 16.8 Å². The number of hydrogen-bond donors (Lipinski definition) is 1. The molecule has 2 aromatic heterocycles. The predicted octanol–water partition coefficient (Wildman–Crippen LogP) is 2.76. The average molecular weight is 512 g/mol. The van der Waals surface area contributed by atoms with Crippen molar-refractivity contribution in [2.24, 2.45) is 0 Å². The van der Waals surface area contributed by atoms with E-state index in [0.29, 0.717) is 22.9 Å². The van der Waals surface area contributed by atoms with Crippen LogP contribution in [0.2, 0.25) is 0 Å². The number of furan rings is 1. The number of hydrogen-bond acceptors (Lipinski definition) is 7. The molecule has 34 heavy (non-hydrogen) atoms. The van der Waals surface area contributed by atoms with Crippen LogP contribution in [0, 0.1) is 5.82 Å². The number of carbonyl (C=O) groups excluding carboxylic acids is 1. The lowest BCUT2D eigenvalue weighted by Gasteiger charge is -2.23. The summed E-state index contributed by atoms with van der Waals surface area (Å²) in [4.78, 5) is 17.2. The van der Waals surface area contributed by atoms with Gasteiger partial charge in [-0.2, -0.15) is 4.98 Å². The molecule has 0 atom stereocenters. The van der Waals surface area contributed by atoms with E-state index >= 15 is 0 Å². The summed E-state index contributed by atoms with van der Waals surface area (Å²) >= 11 is 0.